The molecule has 0 aromatic carbocycles. The van der Waals surface area contributed by atoms with Crippen LogP contribution in [0.25, 0.3) is 0 Å². The first kappa shape index (κ1) is 14.0. The van der Waals surface area contributed by atoms with E-state index < -0.39 is 18.1 Å². The highest BCUT2D eigenvalue weighted by molar-refractivity contribution is 5.88. The number of urea groups is 1. The topological polar surface area (TPSA) is 116 Å². The molecular formula is C10H16N4O4. The lowest BCUT2D eigenvalue weighted by atomic mass is 10.2. The zero-order valence-corrected chi connectivity index (χ0v) is 9.96. The molecule has 0 spiro atoms. The highest BCUT2D eigenvalue weighted by Gasteiger charge is 2.12. The molecule has 1 heterocycles. The predicted octanol–water partition coefficient (Wildman–Crippen LogP) is -0.140. The maximum Gasteiger partial charge on any atom is 0.332 e. The molecule has 0 radical (unpaired) electrons. The summed E-state index contributed by atoms with van der Waals surface area (Å²) in [5.41, 5.74) is 0.549. The average molecular weight is 256 g/mol. The Labute approximate surface area is 104 Å². The number of aliphatic hydroxyl groups is 1. The van der Waals surface area contributed by atoms with Crippen molar-refractivity contribution in [2.75, 3.05) is 11.9 Å². The van der Waals surface area contributed by atoms with Gasteiger partial charge in [0.15, 0.2) is 6.10 Å². The second-order valence-corrected chi connectivity index (χ2v) is 3.61. The van der Waals surface area contributed by atoms with Crippen molar-refractivity contribution in [2.24, 2.45) is 0 Å². The Kier molecular flexibility index (Phi) is 5.12. The number of carboxylic acids is 1. The van der Waals surface area contributed by atoms with Gasteiger partial charge in [0.2, 0.25) is 0 Å². The number of carboxylic acid groups (broad SMARTS) is 1. The normalized spacial score (nSPS) is 11.9. The van der Waals surface area contributed by atoms with Crippen molar-refractivity contribution in [1.82, 2.24) is 15.1 Å². The summed E-state index contributed by atoms with van der Waals surface area (Å²) in [5.74, 6) is -1.30. The fourth-order valence-electron chi connectivity index (χ4n) is 1.22. The number of carbonyl (C=O) groups is 2. The fraction of sp³-hybridized carbons (Fsp3) is 0.500. The van der Waals surface area contributed by atoms with E-state index in [9.17, 15) is 9.59 Å². The largest absolute Gasteiger partial charge is 0.479 e. The molecular weight excluding hydrogens is 240 g/mol. The maximum absolute atomic E-state index is 11.4. The third-order valence-corrected chi connectivity index (χ3v) is 2.20. The number of hydrogen-bond donors (Lipinski definition) is 4. The van der Waals surface area contributed by atoms with Crippen LogP contribution in [-0.2, 0) is 11.3 Å². The van der Waals surface area contributed by atoms with E-state index in [2.05, 4.69) is 15.7 Å². The van der Waals surface area contributed by atoms with Crippen molar-refractivity contribution in [3.63, 3.8) is 0 Å². The lowest BCUT2D eigenvalue weighted by Gasteiger charge is -2.07. The van der Waals surface area contributed by atoms with Gasteiger partial charge in [0.25, 0.3) is 0 Å². The van der Waals surface area contributed by atoms with Crippen LogP contribution in [0.5, 0.6) is 0 Å². The molecule has 1 atom stereocenters. The lowest BCUT2D eigenvalue weighted by Crippen LogP contribution is -2.32. The summed E-state index contributed by atoms with van der Waals surface area (Å²) in [7, 11) is 0. The van der Waals surface area contributed by atoms with Gasteiger partial charge in [-0.05, 0) is 6.92 Å². The Morgan fingerprint density at radius 1 is 1.56 bits per heavy atom. The third-order valence-electron chi connectivity index (χ3n) is 2.20. The van der Waals surface area contributed by atoms with Crippen molar-refractivity contribution in [1.29, 1.82) is 0 Å². The van der Waals surface area contributed by atoms with Gasteiger partial charge in [0, 0.05) is 25.7 Å². The number of nitrogens with zero attached hydrogens (tertiary/aromatic N) is 2. The average Bonchev–Trinajstić information content (AvgIpc) is 2.76. The molecule has 1 rings (SSSR count). The lowest BCUT2D eigenvalue weighted by molar-refractivity contribution is -0.146. The summed E-state index contributed by atoms with van der Waals surface area (Å²) in [4.78, 5) is 21.7. The molecule has 18 heavy (non-hydrogen) atoms. The second kappa shape index (κ2) is 6.60. The van der Waals surface area contributed by atoms with Gasteiger partial charge in [-0.2, -0.15) is 5.10 Å². The van der Waals surface area contributed by atoms with Crippen LogP contribution >= 0.6 is 0 Å². The molecule has 0 saturated heterocycles. The van der Waals surface area contributed by atoms with Crippen molar-refractivity contribution in [3.05, 3.63) is 12.4 Å². The van der Waals surface area contributed by atoms with E-state index in [1.165, 1.54) is 6.20 Å². The number of anilines is 1. The van der Waals surface area contributed by atoms with E-state index in [0.717, 1.165) is 0 Å². The first-order valence-corrected chi connectivity index (χ1v) is 5.51. The quantitative estimate of drug-likeness (QED) is 0.565. The van der Waals surface area contributed by atoms with Crippen LogP contribution in [0.1, 0.15) is 13.3 Å². The Bertz CT molecular complexity index is 418. The SMILES string of the molecule is CCn1cc(NC(=O)NCCC(O)C(=O)O)cn1. The van der Waals surface area contributed by atoms with Gasteiger partial charge in [0.1, 0.15) is 0 Å². The van der Waals surface area contributed by atoms with Gasteiger partial charge >= 0.3 is 12.0 Å². The van der Waals surface area contributed by atoms with E-state index in [0.29, 0.717) is 12.2 Å². The Morgan fingerprint density at radius 2 is 2.28 bits per heavy atom. The minimum absolute atomic E-state index is 0.0447. The molecule has 8 nitrogen and oxygen atoms in total. The summed E-state index contributed by atoms with van der Waals surface area (Å²) in [6, 6.07) is -0.469. The van der Waals surface area contributed by atoms with Gasteiger partial charge in [-0.15, -0.1) is 0 Å². The number of nitrogens with one attached hydrogen (secondary N) is 2. The monoisotopic (exact) mass is 256 g/mol. The summed E-state index contributed by atoms with van der Waals surface area (Å²) >= 11 is 0. The Morgan fingerprint density at radius 3 is 2.83 bits per heavy atom. The summed E-state index contributed by atoms with van der Waals surface area (Å²) in [6.45, 7) is 2.69. The molecule has 0 aliphatic rings. The number of aromatic nitrogens is 2. The smallest absolute Gasteiger partial charge is 0.332 e. The number of aryl methyl sites for hydroxylation is 1. The standard InChI is InChI=1S/C10H16N4O4/c1-2-14-6-7(5-12-14)13-10(18)11-4-3-8(15)9(16)17/h5-6,8,15H,2-4H2,1H3,(H,16,17)(H2,11,13,18). The third kappa shape index (κ3) is 4.42. The summed E-state index contributed by atoms with van der Waals surface area (Å²) in [5, 5.41) is 26.3. The Hall–Kier alpha value is -2.09. The molecule has 2 amide bonds. The molecule has 1 unspecified atom stereocenters. The molecule has 100 valence electrons. The maximum atomic E-state index is 11.4. The number of hydrogen-bond acceptors (Lipinski definition) is 4. The molecule has 0 aliphatic heterocycles. The van der Waals surface area contributed by atoms with Crippen LogP contribution < -0.4 is 10.6 Å². The summed E-state index contributed by atoms with van der Waals surface area (Å²) < 4.78 is 1.66. The molecule has 0 fully saturated rings. The molecule has 1 aromatic rings. The van der Waals surface area contributed by atoms with Gasteiger partial charge in [0.05, 0.1) is 11.9 Å². The van der Waals surface area contributed by atoms with Crippen LogP contribution in [-0.4, -0.2) is 44.6 Å². The molecule has 1 aromatic heterocycles. The Balaban J connectivity index is 2.27. The van der Waals surface area contributed by atoms with Crippen LogP contribution in [0.15, 0.2) is 12.4 Å². The van der Waals surface area contributed by atoms with Gasteiger partial charge < -0.3 is 20.8 Å². The molecule has 4 N–H and O–H groups in total. The number of aliphatic hydroxyl groups excluding tert-OH is 1. The second-order valence-electron chi connectivity index (χ2n) is 3.61. The highest BCUT2D eigenvalue weighted by Crippen LogP contribution is 2.03. The zero-order valence-electron chi connectivity index (χ0n) is 9.96. The van der Waals surface area contributed by atoms with Crippen molar-refractivity contribution in [3.8, 4) is 0 Å². The summed E-state index contributed by atoms with van der Waals surface area (Å²) in [6.07, 6.45) is 1.67. The van der Waals surface area contributed by atoms with Crippen molar-refractivity contribution < 1.29 is 19.8 Å². The predicted molar refractivity (Wildman–Crippen MR) is 63.2 cm³/mol. The first-order valence-electron chi connectivity index (χ1n) is 5.51. The van der Waals surface area contributed by atoms with Crippen molar-refractivity contribution in [2.45, 2.75) is 26.0 Å². The van der Waals surface area contributed by atoms with Crippen LogP contribution in [0.2, 0.25) is 0 Å². The van der Waals surface area contributed by atoms with E-state index in [1.54, 1.807) is 10.9 Å². The zero-order chi connectivity index (χ0) is 13.5. The van der Waals surface area contributed by atoms with E-state index in [4.69, 9.17) is 10.2 Å². The van der Waals surface area contributed by atoms with Crippen molar-refractivity contribution >= 4 is 17.7 Å². The first-order chi connectivity index (χ1) is 8.52. The number of rotatable bonds is 6. The minimum Gasteiger partial charge on any atom is -0.479 e. The molecule has 0 bridgehead atoms. The molecule has 8 heteroatoms. The van der Waals surface area contributed by atoms with Gasteiger partial charge in [-0.3, -0.25) is 4.68 Å². The number of amides is 2. The molecule has 0 saturated carbocycles. The minimum atomic E-state index is -1.46. The molecule has 0 aliphatic carbocycles. The fourth-order valence-corrected chi connectivity index (χ4v) is 1.22. The van der Waals surface area contributed by atoms with E-state index in [-0.39, 0.29) is 13.0 Å². The van der Waals surface area contributed by atoms with Gasteiger partial charge in [-0.1, -0.05) is 0 Å². The number of carbonyl (C=O) groups excluding carboxylic acids is 1. The highest BCUT2D eigenvalue weighted by atomic mass is 16.4. The van der Waals surface area contributed by atoms with Gasteiger partial charge in [-0.25, -0.2) is 9.59 Å². The van der Waals surface area contributed by atoms with Crippen LogP contribution in [0.3, 0.4) is 0 Å². The van der Waals surface area contributed by atoms with Crippen LogP contribution in [0, 0.1) is 0 Å². The van der Waals surface area contributed by atoms with E-state index in [1.807, 2.05) is 6.92 Å². The van der Waals surface area contributed by atoms with E-state index >= 15 is 0 Å². The number of aliphatic carboxylic acids is 1. The van der Waals surface area contributed by atoms with Crippen LogP contribution in [0.4, 0.5) is 10.5 Å².